The molecule has 0 heterocycles. The Bertz CT molecular complexity index is 175. The van der Waals surface area contributed by atoms with Crippen molar-refractivity contribution in [3.8, 4) is 0 Å². The van der Waals surface area contributed by atoms with Gasteiger partial charge in [-0.2, -0.15) is 0 Å². The van der Waals surface area contributed by atoms with Crippen molar-refractivity contribution in [2.45, 2.75) is 47.5 Å². The van der Waals surface area contributed by atoms with Crippen LogP contribution in [-0.2, 0) is 4.79 Å². The number of hydrogen-bond acceptors (Lipinski definition) is 2. The quantitative estimate of drug-likeness (QED) is 0.618. The van der Waals surface area contributed by atoms with E-state index in [4.69, 9.17) is 0 Å². The molecule has 0 N–H and O–H groups in total. The van der Waals surface area contributed by atoms with Crippen molar-refractivity contribution in [1.29, 1.82) is 0 Å². The molecule has 0 aliphatic rings. The van der Waals surface area contributed by atoms with Crippen LogP contribution in [0.25, 0.3) is 0 Å². The van der Waals surface area contributed by atoms with Crippen LogP contribution in [-0.4, -0.2) is 30.3 Å². The van der Waals surface area contributed by atoms with Gasteiger partial charge >= 0.3 is 0 Å². The molecule has 0 amide bonds. The van der Waals surface area contributed by atoms with Crippen LogP contribution in [0.1, 0.15) is 47.5 Å². The van der Waals surface area contributed by atoms with Crippen LogP contribution >= 0.6 is 0 Å². The van der Waals surface area contributed by atoms with E-state index in [1.165, 1.54) is 6.42 Å². The van der Waals surface area contributed by atoms with E-state index in [0.717, 1.165) is 19.0 Å². The van der Waals surface area contributed by atoms with Crippen LogP contribution in [0.15, 0.2) is 0 Å². The minimum Gasteiger partial charge on any atom is -0.298 e. The topological polar surface area (TPSA) is 20.3 Å². The van der Waals surface area contributed by atoms with Crippen molar-refractivity contribution in [2.24, 2.45) is 11.8 Å². The highest BCUT2D eigenvalue weighted by molar-refractivity contribution is 5.80. The van der Waals surface area contributed by atoms with Gasteiger partial charge in [0.25, 0.3) is 0 Å². The molecule has 0 unspecified atom stereocenters. The molecule has 90 valence electrons. The smallest absolute Gasteiger partial charge is 0.146 e. The fourth-order valence-electron chi connectivity index (χ4n) is 1.55. The van der Waals surface area contributed by atoms with Gasteiger partial charge in [0.2, 0.25) is 0 Å². The monoisotopic (exact) mass is 213 g/mol. The lowest BCUT2D eigenvalue weighted by Gasteiger charge is -2.24. The van der Waals surface area contributed by atoms with E-state index in [9.17, 15) is 4.79 Å². The van der Waals surface area contributed by atoms with E-state index in [-0.39, 0.29) is 0 Å². The molecule has 0 rings (SSSR count). The Morgan fingerprint density at radius 3 is 2.13 bits per heavy atom. The average molecular weight is 213 g/mol. The lowest BCUT2D eigenvalue weighted by molar-refractivity contribution is -0.120. The van der Waals surface area contributed by atoms with Gasteiger partial charge in [-0.05, 0) is 24.8 Å². The Morgan fingerprint density at radius 2 is 1.73 bits per heavy atom. The number of hydrogen-bond donors (Lipinski definition) is 0. The summed E-state index contributed by atoms with van der Waals surface area (Å²) in [6.45, 7) is 13.6. The van der Waals surface area contributed by atoms with Crippen LogP contribution < -0.4 is 0 Å². The van der Waals surface area contributed by atoms with Crippen LogP contribution in [0, 0.1) is 11.8 Å². The van der Waals surface area contributed by atoms with Crippen LogP contribution in [0.5, 0.6) is 0 Å². The van der Waals surface area contributed by atoms with Crippen molar-refractivity contribution < 1.29 is 4.79 Å². The largest absolute Gasteiger partial charge is 0.298 e. The number of ketones is 1. The molecule has 0 fully saturated rings. The van der Waals surface area contributed by atoms with Gasteiger partial charge < -0.3 is 0 Å². The molecule has 15 heavy (non-hydrogen) atoms. The average Bonchev–Trinajstić information content (AvgIpc) is 2.13. The highest BCUT2D eigenvalue weighted by Crippen LogP contribution is 2.05. The zero-order valence-electron chi connectivity index (χ0n) is 11.0. The Morgan fingerprint density at radius 1 is 1.13 bits per heavy atom. The third kappa shape index (κ3) is 8.61. The van der Waals surface area contributed by atoms with Gasteiger partial charge in [0.15, 0.2) is 0 Å². The molecule has 0 aromatic heterocycles. The molecular weight excluding hydrogens is 186 g/mol. The van der Waals surface area contributed by atoms with Gasteiger partial charge in [0.1, 0.15) is 5.78 Å². The van der Waals surface area contributed by atoms with Crippen molar-refractivity contribution in [2.75, 3.05) is 19.6 Å². The van der Waals surface area contributed by atoms with E-state index in [1.807, 2.05) is 6.92 Å². The Hall–Kier alpha value is -0.370. The van der Waals surface area contributed by atoms with E-state index in [2.05, 4.69) is 32.6 Å². The molecule has 2 heteroatoms. The first kappa shape index (κ1) is 14.6. The van der Waals surface area contributed by atoms with Gasteiger partial charge in [0.05, 0.1) is 6.54 Å². The standard InChI is InChI=1S/C13H27NO/c1-6-13(15)10-14(9-12(4)5)8-7-11(2)3/h11-12H,6-10H2,1-5H3. The zero-order valence-corrected chi connectivity index (χ0v) is 11.0. The summed E-state index contributed by atoms with van der Waals surface area (Å²) in [6, 6.07) is 0. The normalized spacial score (nSPS) is 11.7. The summed E-state index contributed by atoms with van der Waals surface area (Å²) in [6.07, 6.45) is 1.85. The zero-order chi connectivity index (χ0) is 11.8. The second kappa shape index (κ2) is 7.86. The number of carbonyl (C=O) groups excluding carboxylic acids is 1. The number of nitrogens with zero attached hydrogens (tertiary/aromatic N) is 1. The molecule has 0 aromatic rings. The van der Waals surface area contributed by atoms with Crippen molar-refractivity contribution in [3.05, 3.63) is 0 Å². The molecule has 0 saturated heterocycles. The van der Waals surface area contributed by atoms with E-state index in [1.54, 1.807) is 0 Å². The Balaban J connectivity index is 4.00. The van der Waals surface area contributed by atoms with Crippen LogP contribution in [0.4, 0.5) is 0 Å². The first-order chi connectivity index (χ1) is 6.95. The molecule has 0 aliphatic carbocycles. The van der Waals surface area contributed by atoms with E-state index >= 15 is 0 Å². The highest BCUT2D eigenvalue weighted by atomic mass is 16.1. The lowest BCUT2D eigenvalue weighted by Crippen LogP contribution is -2.34. The van der Waals surface area contributed by atoms with Crippen molar-refractivity contribution >= 4 is 5.78 Å². The Kier molecular flexibility index (Phi) is 7.67. The second-order valence-electron chi connectivity index (χ2n) is 5.20. The molecule has 2 nitrogen and oxygen atoms in total. The minimum atomic E-state index is 0.361. The molecule has 0 spiro atoms. The SMILES string of the molecule is CCC(=O)CN(CCC(C)C)CC(C)C. The van der Waals surface area contributed by atoms with Gasteiger partial charge in [-0.3, -0.25) is 9.69 Å². The fourth-order valence-corrected chi connectivity index (χ4v) is 1.55. The predicted molar refractivity (Wildman–Crippen MR) is 66.0 cm³/mol. The Labute approximate surface area is 95.0 Å². The van der Waals surface area contributed by atoms with Gasteiger partial charge in [-0.1, -0.05) is 34.6 Å². The third-order valence-electron chi connectivity index (χ3n) is 2.44. The van der Waals surface area contributed by atoms with Gasteiger partial charge in [-0.25, -0.2) is 0 Å². The van der Waals surface area contributed by atoms with Gasteiger partial charge in [-0.15, -0.1) is 0 Å². The predicted octanol–water partition coefficient (Wildman–Crippen LogP) is 2.97. The maximum Gasteiger partial charge on any atom is 0.146 e. The fraction of sp³-hybridized carbons (Fsp3) is 0.923. The molecule has 0 atom stereocenters. The molecule has 0 aliphatic heterocycles. The van der Waals surface area contributed by atoms with Crippen molar-refractivity contribution in [1.82, 2.24) is 4.90 Å². The first-order valence-electron chi connectivity index (χ1n) is 6.19. The summed E-state index contributed by atoms with van der Waals surface area (Å²) in [5.74, 6) is 1.72. The minimum absolute atomic E-state index is 0.361. The maximum atomic E-state index is 11.4. The molecule has 0 saturated carbocycles. The van der Waals surface area contributed by atoms with E-state index in [0.29, 0.717) is 24.7 Å². The number of carbonyl (C=O) groups is 1. The summed E-state index contributed by atoms with van der Waals surface area (Å²) < 4.78 is 0. The molecule has 0 aromatic carbocycles. The summed E-state index contributed by atoms with van der Waals surface area (Å²) in [5.41, 5.74) is 0. The summed E-state index contributed by atoms with van der Waals surface area (Å²) in [5, 5.41) is 0. The summed E-state index contributed by atoms with van der Waals surface area (Å²) in [7, 11) is 0. The number of rotatable bonds is 8. The van der Waals surface area contributed by atoms with E-state index < -0.39 is 0 Å². The third-order valence-corrected chi connectivity index (χ3v) is 2.44. The first-order valence-corrected chi connectivity index (χ1v) is 6.19. The van der Waals surface area contributed by atoms with Gasteiger partial charge in [0, 0.05) is 13.0 Å². The van der Waals surface area contributed by atoms with Crippen LogP contribution in [0.3, 0.4) is 0 Å². The molecule has 0 radical (unpaired) electrons. The maximum absolute atomic E-state index is 11.4. The second-order valence-corrected chi connectivity index (χ2v) is 5.20. The van der Waals surface area contributed by atoms with Crippen LogP contribution in [0.2, 0.25) is 0 Å². The lowest BCUT2D eigenvalue weighted by atomic mass is 10.1. The highest BCUT2D eigenvalue weighted by Gasteiger charge is 2.11. The number of Topliss-reactive ketones (excluding diaryl/α,β-unsaturated/α-hetero) is 1. The molecular formula is C13H27NO. The molecule has 0 bridgehead atoms. The summed E-state index contributed by atoms with van der Waals surface area (Å²) >= 11 is 0. The summed E-state index contributed by atoms with van der Waals surface area (Å²) in [4.78, 5) is 13.7. The van der Waals surface area contributed by atoms with Crippen molar-refractivity contribution in [3.63, 3.8) is 0 Å².